The molecule has 0 amide bonds. The van der Waals surface area contributed by atoms with Gasteiger partial charge in [-0.2, -0.15) is 5.10 Å². The van der Waals surface area contributed by atoms with Crippen LogP contribution < -0.4 is 5.56 Å². The van der Waals surface area contributed by atoms with Gasteiger partial charge in [0.1, 0.15) is 5.56 Å². The minimum absolute atomic E-state index is 0.0621. The first-order valence-corrected chi connectivity index (χ1v) is 5.90. The van der Waals surface area contributed by atoms with Crippen LogP contribution in [0, 0.1) is 6.92 Å². The Morgan fingerprint density at radius 1 is 1.47 bits per heavy atom. The van der Waals surface area contributed by atoms with Gasteiger partial charge in [-0.25, -0.2) is 14.5 Å². The van der Waals surface area contributed by atoms with E-state index < -0.39 is 5.97 Å². The third-order valence-electron chi connectivity index (χ3n) is 2.71. The Hall–Kier alpha value is -2.44. The van der Waals surface area contributed by atoms with E-state index in [4.69, 9.17) is 5.11 Å². The Kier molecular flexibility index (Phi) is 3.46. The van der Waals surface area contributed by atoms with Gasteiger partial charge in [-0.3, -0.25) is 4.79 Å². The molecular weight excluding hydrogens is 248 g/mol. The second-order valence-corrected chi connectivity index (χ2v) is 4.13. The average Bonchev–Trinajstić information content (AvgIpc) is 2.74. The fourth-order valence-electron chi connectivity index (χ4n) is 1.79. The quantitative estimate of drug-likeness (QED) is 0.882. The largest absolute Gasteiger partial charge is 0.478 e. The molecular formula is C12H14N4O3. The molecule has 0 aromatic carbocycles. The molecule has 2 aromatic heterocycles. The van der Waals surface area contributed by atoms with Crippen molar-refractivity contribution in [2.45, 2.75) is 26.8 Å². The van der Waals surface area contributed by atoms with E-state index in [1.54, 1.807) is 13.1 Å². The topological polar surface area (TPSA) is 90.0 Å². The molecule has 0 aliphatic heterocycles. The Morgan fingerprint density at radius 2 is 2.21 bits per heavy atom. The maximum absolute atomic E-state index is 12.1. The standard InChI is InChI=1S/C12H14N4O3/c1-3-5-15-6-4-13-10(11(15)17)16-7-9(12(18)19)8(2)14-16/h4,6-7H,3,5H2,1-2H3,(H,18,19). The van der Waals surface area contributed by atoms with Gasteiger partial charge in [0, 0.05) is 25.1 Å². The molecule has 0 bridgehead atoms. The lowest BCUT2D eigenvalue weighted by Gasteiger charge is -2.05. The predicted molar refractivity (Wildman–Crippen MR) is 67.6 cm³/mol. The van der Waals surface area contributed by atoms with Crippen LogP contribution in [0.4, 0.5) is 0 Å². The van der Waals surface area contributed by atoms with Crippen LogP contribution in [0.1, 0.15) is 29.4 Å². The number of aromatic nitrogens is 4. The number of aromatic carboxylic acids is 1. The van der Waals surface area contributed by atoms with Gasteiger partial charge in [0.15, 0.2) is 0 Å². The van der Waals surface area contributed by atoms with Crippen LogP contribution in [0.2, 0.25) is 0 Å². The molecule has 0 aliphatic rings. The highest BCUT2D eigenvalue weighted by Crippen LogP contribution is 2.07. The normalized spacial score (nSPS) is 10.6. The fraction of sp³-hybridized carbons (Fsp3) is 0.333. The van der Waals surface area contributed by atoms with E-state index in [-0.39, 0.29) is 16.9 Å². The van der Waals surface area contributed by atoms with Crippen LogP contribution in [0.3, 0.4) is 0 Å². The first-order chi connectivity index (χ1) is 9.04. The zero-order valence-corrected chi connectivity index (χ0v) is 10.7. The van der Waals surface area contributed by atoms with Crippen molar-refractivity contribution in [1.82, 2.24) is 19.3 Å². The van der Waals surface area contributed by atoms with Crippen LogP contribution in [-0.4, -0.2) is 30.4 Å². The molecule has 1 N–H and O–H groups in total. The van der Waals surface area contributed by atoms with E-state index in [0.29, 0.717) is 12.2 Å². The molecule has 0 saturated carbocycles. The molecule has 0 aliphatic carbocycles. The maximum atomic E-state index is 12.1. The molecule has 7 nitrogen and oxygen atoms in total. The summed E-state index contributed by atoms with van der Waals surface area (Å²) in [6.07, 6.45) is 5.23. The van der Waals surface area contributed by atoms with Gasteiger partial charge < -0.3 is 9.67 Å². The van der Waals surface area contributed by atoms with Crippen LogP contribution in [0.25, 0.3) is 5.82 Å². The summed E-state index contributed by atoms with van der Waals surface area (Å²) in [6, 6.07) is 0. The van der Waals surface area contributed by atoms with Crippen LogP contribution >= 0.6 is 0 Å². The second kappa shape index (κ2) is 5.05. The van der Waals surface area contributed by atoms with Crippen molar-refractivity contribution in [3.63, 3.8) is 0 Å². The van der Waals surface area contributed by atoms with Crippen molar-refractivity contribution in [3.8, 4) is 5.82 Å². The first kappa shape index (κ1) is 13.0. The fourth-order valence-corrected chi connectivity index (χ4v) is 1.79. The van der Waals surface area contributed by atoms with Gasteiger partial charge in [0.25, 0.3) is 5.56 Å². The number of carboxylic acid groups (broad SMARTS) is 1. The second-order valence-electron chi connectivity index (χ2n) is 4.13. The number of hydrogen-bond acceptors (Lipinski definition) is 4. The van der Waals surface area contributed by atoms with Crippen LogP contribution in [0.5, 0.6) is 0 Å². The zero-order chi connectivity index (χ0) is 14.0. The molecule has 2 rings (SSSR count). The van der Waals surface area contributed by atoms with Crippen molar-refractivity contribution in [3.05, 3.63) is 40.2 Å². The van der Waals surface area contributed by atoms with Gasteiger partial charge in [0.05, 0.1) is 5.69 Å². The molecule has 100 valence electrons. The minimum Gasteiger partial charge on any atom is -0.478 e. The third kappa shape index (κ3) is 2.40. The summed E-state index contributed by atoms with van der Waals surface area (Å²) in [5, 5.41) is 13.0. The summed E-state index contributed by atoms with van der Waals surface area (Å²) in [7, 11) is 0. The molecule has 2 aromatic rings. The molecule has 0 saturated heterocycles. The molecule has 7 heteroatoms. The number of hydrogen-bond donors (Lipinski definition) is 1. The lowest BCUT2D eigenvalue weighted by molar-refractivity contribution is 0.0696. The highest BCUT2D eigenvalue weighted by Gasteiger charge is 2.15. The van der Waals surface area contributed by atoms with E-state index in [1.165, 1.54) is 21.6 Å². The van der Waals surface area contributed by atoms with Gasteiger partial charge >= 0.3 is 5.97 Å². The zero-order valence-electron chi connectivity index (χ0n) is 10.7. The third-order valence-corrected chi connectivity index (χ3v) is 2.71. The molecule has 0 unspecified atom stereocenters. The lowest BCUT2D eigenvalue weighted by atomic mass is 10.3. The molecule has 0 atom stereocenters. The monoisotopic (exact) mass is 262 g/mol. The molecule has 19 heavy (non-hydrogen) atoms. The number of nitrogens with zero attached hydrogens (tertiary/aromatic N) is 4. The summed E-state index contributed by atoms with van der Waals surface area (Å²) in [5.74, 6) is -0.972. The Morgan fingerprint density at radius 3 is 2.79 bits per heavy atom. The number of carbonyl (C=O) groups is 1. The summed E-state index contributed by atoms with van der Waals surface area (Å²) in [6.45, 7) is 4.13. The summed E-state index contributed by atoms with van der Waals surface area (Å²) in [5.41, 5.74) is 0.121. The predicted octanol–water partition coefficient (Wildman–Crippen LogP) is 0.846. The number of aryl methyl sites for hydroxylation is 2. The van der Waals surface area contributed by atoms with E-state index in [9.17, 15) is 9.59 Å². The Balaban J connectivity index is 2.53. The summed E-state index contributed by atoms with van der Waals surface area (Å²) in [4.78, 5) is 27.1. The summed E-state index contributed by atoms with van der Waals surface area (Å²) >= 11 is 0. The van der Waals surface area contributed by atoms with E-state index in [2.05, 4.69) is 10.1 Å². The molecule has 0 radical (unpaired) electrons. The van der Waals surface area contributed by atoms with Crippen LogP contribution in [0.15, 0.2) is 23.4 Å². The highest BCUT2D eigenvalue weighted by atomic mass is 16.4. The minimum atomic E-state index is -1.08. The smallest absolute Gasteiger partial charge is 0.339 e. The SMILES string of the molecule is CCCn1ccnc(-n2cc(C(=O)O)c(C)n2)c1=O. The summed E-state index contributed by atoms with van der Waals surface area (Å²) < 4.78 is 2.74. The van der Waals surface area contributed by atoms with Gasteiger partial charge in [-0.05, 0) is 13.3 Å². The first-order valence-electron chi connectivity index (χ1n) is 5.90. The highest BCUT2D eigenvalue weighted by molar-refractivity contribution is 5.88. The maximum Gasteiger partial charge on any atom is 0.339 e. The van der Waals surface area contributed by atoms with Crippen molar-refractivity contribution < 1.29 is 9.90 Å². The Labute approximate surface area is 109 Å². The van der Waals surface area contributed by atoms with Crippen LogP contribution in [-0.2, 0) is 6.54 Å². The van der Waals surface area contributed by atoms with E-state index in [1.807, 2.05) is 6.92 Å². The van der Waals surface area contributed by atoms with Crippen molar-refractivity contribution in [2.24, 2.45) is 0 Å². The number of carboxylic acids is 1. The van der Waals surface area contributed by atoms with Crippen molar-refractivity contribution in [1.29, 1.82) is 0 Å². The average molecular weight is 262 g/mol. The van der Waals surface area contributed by atoms with E-state index in [0.717, 1.165) is 6.42 Å². The lowest BCUT2D eigenvalue weighted by Crippen LogP contribution is -2.25. The Bertz CT molecular complexity index is 672. The van der Waals surface area contributed by atoms with E-state index >= 15 is 0 Å². The van der Waals surface area contributed by atoms with Crippen molar-refractivity contribution >= 4 is 5.97 Å². The molecule has 2 heterocycles. The van der Waals surface area contributed by atoms with Gasteiger partial charge in [-0.1, -0.05) is 6.92 Å². The van der Waals surface area contributed by atoms with Crippen molar-refractivity contribution in [2.75, 3.05) is 0 Å². The molecule has 0 fully saturated rings. The van der Waals surface area contributed by atoms with Gasteiger partial charge in [-0.15, -0.1) is 0 Å². The van der Waals surface area contributed by atoms with Gasteiger partial charge in [0.2, 0.25) is 5.82 Å². The number of rotatable bonds is 4. The molecule has 0 spiro atoms.